The van der Waals surface area contributed by atoms with Crippen LogP contribution in [-0.2, 0) is 14.4 Å². The first-order valence-electron chi connectivity index (χ1n) is 6.76. The minimum atomic E-state index is -0.541. The number of amides is 2. The molecule has 0 radical (unpaired) electrons. The van der Waals surface area contributed by atoms with Gasteiger partial charge in [0, 0.05) is 0 Å². The van der Waals surface area contributed by atoms with Crippen molar-refractivity contribution in [2.24, 2.45) is 0 Å². The maximum Gasteiger partial charge on any atom is 0.262 e. The number of hydroxylamine groups is 2. The van der Waals surface area contributed by atoms with Gasteiger partial charge in [-0.05, 0) is 11.1 Å². The molecule has 2 atom stereocenters. The van der Waals surface area contributed by atoms with Crippen molar-refractivity contribution in [1.82, 2.24) is 5.06 Å². The minimum absolute atomic E-state index is 0.317. The fourth-order valence-electron chi connectivity index (χ4n) is 2.82. The maximum atomic E-state index is 12.5. The molecule has 2 amide bonds. The molecule has 1 aliphatic rings. The molecule has 4 nitrogen and oxygen atoms in total. The van der Waals surface area contributed by atoms with Crippen molar-refractivity contribution in [3.05, 3.63) is 71.8 Å². The zero-order valence-corrected chi connectivity index (χ0v) is 11.6. The summed E-state index contributed by atoms with van der Waals surface area (Å²) in [4.78, 5) is 30.0. The molecule has 106 valence electrons. The monoisotopic (exact) mass is 281 g/mol. The second-order valence-electron chi connectivity index (χ2n) is 4.93. The van der Waals surface area contributed by atoms with Gasteiger partial charge in [-0.1, -0.05) is 60.7 Å². The summed E-state index contributed by atoms with van der Waals surface area (Å²) in [5.41, 5.74) is 1.65. The van der Waals surface area contributed by atoms with Crippen LogP contribution in [0.2, 0.25) is 0 Å². The van der Waals surface area contributed by atoms with Crippen LogP contribution in [0, 0.1) is 0 Å². The molecule has 2 aromatic rings. The fraction of sp³-hybridized carbons (Fsp3) is 0.176. The maximum absolute atomic E-state index is 12.5. The molecule has 0 saturated carbocycles. The molecule has 21 heavy (non-hydrogen) atoms. The van der Waals surface area contributed by atoms with Crippen LogP contribution in [0.1, 0.15) is 23.0 Å². The van der Waals surface area contributed by atoms with Gasteiger partial charge in [0.15, 0.2) is 0 Å². The van der Waals surface area contributed by atoms with E-state index in [1.165, 1.54) is 7.11 Å². The van der Waals surface area contributed by atoms with Crippen molar-refractivity contribution in [3.8, 4) is 0 Å². The van der Waals surface area contributed by atoms with E-state index in [1.807, 2.05) is 60.7 Å². The highest BCUT2D eigenvalue weighted by Crippen LogP contribution is 2.41. The summed E-state index contributed by atoms with van der Waals surface area (Å²) in [6.07, 6.45) is 0. The standard InChI is InChI=1S/C17H15NO3/c1-21-18-16(19)14(12-8-4-2-5-9-12)15(17(18)20)13-10-6-3-7-11-13/h2-11,14-15H,1H3. The SMILES string of the molecule is CON1C(=O)C(c2ccccc2)C(c2ccccc2)C1=O. The van der Waals surface area contributed by atoms with Crippen molar-refractivity contribution in [2.45, 2.75) is 11.8 Å². The Morgan fingerprint density at radius 3 is 1.48 bits per heavy atom. The van der Waals surface area contributed by atoms with E-state index in [0.29, 0.717) is 0 Å². The number of nitrogens with zero attached hydrogens (tertiary/aromatic N) is 1. The predicted octanol–water partition coefficient (Wildman–Crippen LogP) is 2.48. The van der Waals surface area contributed by atoms with E-state index in [0.717, 1.165) is 16.2 Å². The van der Waals surface area contributed by atoms with Crippen molar-refractivity contribution < 1.29 is 14.4 Å². The molecule has 3 rings (SSSR count). The molecule has 2 aromatic carbocycles. The molecular weight excluding hydrogens is 266 g/mol. The molecule has 1 aliphatic heterocycles. The molecule has 1 fully saturated rings. The van der Waals surface area contributed by atoms with Crippen LogP contribution in [0.25, 0.3) is 0 Å². The molecule has 0 bridgehead atoms. The Morgan fingerprint density at radius 1 is 0.762 bits per heavy atom. The van der Waals surface area contributed by atoms with Gasteiger partial charge in [0.2, 0.25) is 0 Å². The highest BCUT2D eigenvalue weighted by atomic mass is 16.7. The first-order valence-corrected chi connectivity index (χ1v) is 6.76. The summed E-state index contributed by atoms with van der Waals surface area (Å²) in [6.45, 7) is 0. The quantitative estimate of drug-likeness (QED) is 0.812. The van der Waals surface area contributed by atoms with Crippen LogP contribution in [0.5, 0.6) is 0 Å². The second kappa shape index (κ2) is 5.50. The number of hydrogen-bond donors (Lipinski definition) is 0. The molecule has 0 aliphatic carbocycles. The number of benzene rings is 2. The number of hydrogen-bond acceptors (Lipinski definition) is 3. The van der Waals surface area contributed by atoms with Gasteiger partial charge < -0.3 is 0 Å². The van der Waals surface area contributed by atoms with E-state index in [-0.39, 0.29) is 11.8 Å². The molecular formula is C17H15NO3. The zero-order valence-electron chi connectivity index (χ0n) is 11.6. The second-order valence-corrected chi connectivity index (χ2v) is 4.93. The summed E-state index contributed by atoms with van der Waals surface area (Å²) in [5.74, 6) is -1.72. The van der Waals surface area contributed by atoms with Crippen LogP contribution in [0.15, 0.2) is 60.7 Å². The largest absolute Gasteiger partial charge is 0.271 e. The van der Waals surface area contributed by atoms with E-state index in [1.54, 1.807) is 0 Å². The van der Waals surface area contributed by atoms with Crippen molar-refractivity contribution in [2.75, 3.05) is 7.11 Å². The topological polar surface area (TPSA) is 46.6 Å². The number of carbonyl (C=O) groups is 2. The van der Waals surface area contributed by atoms with E-state index < -0.39 is 11.8 Å². The lowest BCUT2D eigenvalue weighted by molar-refractivity contribution is -0.180. The van der Waals surface area contributed by atoms with E-state index in [2.05, 4.69) is 0 Å². The lowest BCUT2D eigenvalue weighted by atomic mass is 9.83. The van der Waals surface area contributed by atoms with Crippen molar-refractivity contribution >= 4 is 11.8 Å². The van der Waals surface area contributed by atoms with Crippen LogP contribution < -0.4 is 0 Å². The molecule has 0 N–H and O–H groups in total. The average molecular weight is 281 g/mol. The number of imide groups is 1. The van der Waals surface area contributed by atoms with Crippen LogP contribution in [0.3, 0.4) is 0 Å². The number of carbonyl (C=O) groups excluding carboxylic acids is 2. The van der Waals surface area contributed by atoms with Crippen LogP contribution in [0.4, 0.5) is 0 Å². The van der Waals surface area contributed by atoms with Gasteiger partial charge in [-0.2, -0.15) is 5.06 Å². The third-order valence-corrected chi connectivity index (χ3v) is 3.77. The third kappa shape index (κ3) is 2.23. The Morgan fingerprint density at radius 2 is 1.14 bits per heavy atom. The Hall–Kier alpha value is -2.46. The normalized spacial score (nSPS) is 21.9. The van der Waals surface area contributed by atoms with E-state index in [4.69, 9.17) is 4.84 Å². The summed E-state index contributed by atoms with van der Waals surface area (Å²) in [6, 6.07) is 18.7. The smallest absolute Gasteiger partial charge is 0.262 e. The fourth-order valence-corrected chi connectivity index (χ4v) is 2.82. The molecule has 1 heterocycles. The third-order valence-electron chi connectivity index (χ3n) is 3.77. The van der Waals surface area contributed by atoms with Gasteiger partial charge in [0.25, 0.3) is 11.8 Å². The molecule has 4 heteroatoms. The molecule has 1 saturated heterocycles. The average Bonchev–Trinajstić information content (AvgIpc) is 2.79. The van der Waals surface area contributed by atoms with E-state index >= 15 is 0 Å². The van der Waals surface area contributed by atoms with Gasteiger partial charge in [-0.25, -0.2) is 0 Å². The Labute approximate surface area is 122 Å². The highest BCUT2D eigenvalue weighted by molar-refractivity contribution is 6.09. The van der Waals surface area contributed by atoms with Gasteiger partial charge in [0.05, 0.1) is 18.9 Å². The predicted molar refractivity (Wildman–Crippen MR) is 77.2 cm³/mol. The van der Waals surface area contributed by atoms with Gasteiger partial charge >= 0.3 is 0 Å². The number of rotatable bonds is 3. The summed E-state index contributed by atoms with van der Waals surface area (Å²) < 4.78 is 0. The lowest BCUT2D eigenvalue weighted by Crippen LogP contribution is -2.29. The Kier molecular flexibility index (Phi) is 3.54. The van der Waals surface area contributed by atoms with Gasteiger partial charge in [-0.3, -0.25) is 14.4 Å². The zero-order chi connectivity index (χ0) is 14.8. The first kappa shape index (κ1) is 13.5. The summed E-state index contributed by atoms with van der Waals surface area (Å²) >= 11 is 0. The highest BCUT2D eigenvalue weighted by Gasteiger charge is 2.49. The van der Waals surface area contributed by atoms with Crippen LogP contribution in [-0.4, -0.2) is 24.0 Å². The van der Waals surface area contributed by atoms with E-state index in [9.17, 15) is 9.59 Å². The molecule has 0 aromatic heterocycles. The Bertz CT molecular complexity index is 597. The summed E-state index contributed by atoms with van der Waals surface area (Å²) in [7, 11) is 1.34. The minimum Gasteiger partial charge on any atom is -0.271 e. The summed E-state index contributed by atoms with van der Waals surface area (Å²) in [5, 5.41) is 0.870. The van der Waals surface area contributed by atoms with Gasteiger partial charge in [-0.15, -0.1) is 0 Å². The van der Waals surface area contributed by atoms with Crippen LogP contribution >= 0.6 is 0 Å². The Balaban J connectivity index is 2.10. The molecule has 2 unspecified atom stereocenters. The first-order chi connectivity index (χ1) is 10.2. The lowest BCUT2D eigenvalue weighted by Gasteiger charge is -2.15. The molecule has 0 spiro atoms. The van der Waals surface area contributed by atoms with Crippen molar-refractivity contribution in [3.63, 3.8) is 0 Å². The van der Waals surface area contributed by atoms with Gasteiger partial charge in [0.1, 0.15) is 0 Å². The van der Waals surface area contributed by atoms with Crippen molar-refractivity contribution in [1.29, 1.82) is 0 Å².